The fourth-order valence-corrected chi connectivity index (χ4v) is 9.70. The lowest BCUT2D eigenvalue weighted by molar-refractivity contribution is -0.116. The van der Waals surface area contributed by atoms with Gasteiger partial charge >= 0.3 is 0 Å². The van der Waals surface area contributed by atoms with E-state index in [9.17, 15) is 18.0 Å². The number of carbonyl (C=O) groups is 2. The van der Waals surface area contributed by atoms with Gasteiger partial charge in [0.15, 0.2) is 0 Å². The molecular weight excluding hydrogens is 462 g/mol. The summed E-state index contributed by atoms with van der Waals surface area (Å²) in [5, 5.41) is 5.95. The summed E-state index contributed by atoms with van der Waals surface area (Å²) in [5.74, 6) is 2.69. The third-order valence-corrected chi connectivity index (χ3v) is 11.4. The Morgan fingerprint density at radius 2 is 1.57 bits per heavy atom. The zero-order valence-electron chi connectivity index (χ0n) is 20.1. The molecule has 2 amide bonds. The van der Waals surface area contributed by atoms with Crippen LogP contribution in [0, 0.1) is 35.0 Å². The molecule has 0 spiro atoms. The minimum absolute atomic E-state index is 0.0384. The van der Waals surface area contributed by atoms with E-state index in [1.54, 1.807) is 12.1 Å². The van der Waals surface area contributed by atoms with Crippen LogP contribution >= 0.6 is 0 Å². The van der Waals surface area contributed by atoms with Crippen LogP contribution in [0.4, 0.5) is 0 Å². The van der Waals surface area contributed by atoms with Gasteiger partial charge in [-0.1, -0.05) is 6.58 Å². The van der Waals surface area contributed by atoms with E-state index in [0.717, 1.165) is 24.2 Å². The number of nitrogens with one attached hydrogen (secondary N) is 2. The highest BCUT2D eigenvalue weighted by molar-refractivity contribution is 7.89. The summed E-state index contributed by atoms with van der Waals surface area (Å²) < 4.78 is 27.6. The van der Waals surface area contributed by atoms with Gasteiger partial charge in [-0.05, 0) is 110 Å². The van der Waals surface area contributed by atoms with Crippen LogP contribution in [-0.4, -0.2) is 50.2 Å². The van der Waals surface area contributed by atoms with Gasteiger partial charge in [-0.2, -0.15) is 4.31 Å². The van der Waals surface area contributed by atoms with Crippen molar-refractivity contribution in [2.45, 2.75) is 55.9 Å². The van der Waals surface area contributed by atoms with Crippen molar-refractivity contribution in [3.05, 3.63) is 42.5 Å². The fraction of sp³-hybridized carbons (Fsp3) is 0.630. The Bertz CT molecular complexity index is 1100. The third-order valence-electron chi connectivity index (χ3n) is 9.52. The Hall–Kier alpha value is -2.19. The largest absolute Gasteiger partial charge is 0.352 e. The molecule has 6 aliphatic rings. The van der Waals surface area contributed by atoms with Gasteiger partial charge in [0.05, 0.1) is 4.90 Å². The van der Waals surface area contributed by atoms with E-state index in [0.29, 0.717) is 30.6 Å². The molecule has 6 fully saturated rings. The zero-order valence-corrected chi connectivity index (χ0v) is 20.9. The molecule has 2 N–H and O–H groups in total. The minimum Gasteiger partial charge on any atom is -0.352 e. The summed E-state index contributed by atoms with van der Waals surface area (Å²) in [4.78, 5) is 24.4. The number of hydrogen-bond acceptors (Lipinski definition) is 4. The molecule has 35 heavy (non-hydrogen) atoms. The van der Waals surface area contributed by atoms with E-state index < -0.39 is 10.0 Å². The van der Waals surface area contributed by atoms with E-state index in [1.807, 2.05) is 0 Å². The van der Waals surface area contributed by atoms with Crippen LogP contribution in [0.15, 0.2) is 41.8 Å². The van der Waals surface area contributed by atoms with E-state index >= 15 is 0 Å². The second-order valence-corrected chi connectivity index (χ2v) is 13.8. The molecule has 0 aromatic heterocycles. The highest BCUT2D eigenvalue weighted by Gasteiger charge is 2.58. The van der Waals surface area contributed by atoms with E-state index in [1.165, 1.54) is 61.0 Å². The smallest absolute Gasteiger partial charge is 0.251 e. The maximum atomic E-state index is 13.1. The summed E-state index contributed by atoms with van der Waals surface area (Å²) in [7, 11) is -3.62. The fourth-order valence-electron chi connectivity index (χ4n) is 8.19. The van der Waals surface area contributed by atoms with Crippen LogP contribution in [0.2, 0.25) is 0 Å². The number of hydrogen-bond donors (Lipinski definition) is 2. The molecule has 4 bridgehead atoms. The highest BCUT2D eigenvalue weighted by atomic mass is 32.2. The lowest BCUT2D eigenvalue weighted by atomic mass is 9.49. The molecule has 1 saturated heterocycles. The molecule has 1 aromatic rings. The first kappa shape index (κ1) is 23.2. The maximum absolute atomic E-state index is 13.1. The van der Waals surface area contributed by atoms with Gasteiger partial charge in [-0.25, -0.2) is 8.42 Å². The van der Waals surface area contributed by atoms with Crippen LogP contribution < -0.4 is 10.6 Å². The first-order chi connectivity index (χ1) is 16.8. The van der Waals surface area contributed by atoms with Crippen LogP contribution in [0.25, 0.3) is 0 Å². The molecule has 5 aliphatic carbocycles. The molecular formula is C27H35N3O4S. The normalized spacial score (nSPS) is 37.0. The SMILES string of the molecule is C=CC(=O)NC1C2CN(S(=O)(=O)c3ccc(C(=O)NCCC45CC6CC(CC(C6)C4)C5)cc3)CC21. The molecule has 5 saturated carbocycles. The van der Waals surface area contributed by atoms with Crippen molar-refractivity contribution < 1.29 is 18.0 Å². The molecule has 2 unspecified atom stereocenters. The number of piperidine rings is 1. The highest BCUT2D eigenvalue weighted by Crippen LogP contribution is 2.61. The molecule has 0 radical (unpaired) electrons. The zero-order chi connectivity index (χ0) is 24.4. The Labute approximate surface area is 207 Å². The number of nitrogens with zero attached hydrogens (tertiary/aromatic N) is 1. The standard InChI is InChI=1S/C27H35N3O4S/c1-2-24(31)29-25-22-15-30(16-23(22)25)35(33,34)21-5-3-20(4-6-21)26(32)28-8-7-27-12-17-9-18(13-27)11-19(10-17)14-27/h2-6,17-19,22-23,25H,1,7-16H2,(H,28,32)(H,29,31). The van der Waals surface area contributed by atoms with Crippen LogP contribution in [0.1, 0.15) is 55.3 Å². The van der Waals surface area contributed by atoms with Gasteiger partial charge in [-0.15, -0.1) is 0 Å². The van der Waals surface area contributed by atoms with Gasteiger partial charge in [0.1, 0.15) is 0 Å². The van der Waals surface area contributed by atoms with Gasteiger partial charge < -0.3 is 10.6 Å². The van der Waals surface area contributed by atoms with Gasteiger partial charge in [-0.3, -0.25) is 9.59 Å². The average molecular weight is 498 g/mol. The lowest BCUT2D eigenvalue weighted by Gasteiger charge is -2.57. The molecule has 8 heteroatoms. The number of benzene rings is 1. The Kier molecular flexibility index (Phi) is 5.60. The van der Waals surface area contributed by atoms with Crippen molar-refractivity contribution in [2.75, 3.05) is 19.6 Å². The van der Waals surface area contributed by atoms with Crippen molar-refractivity contribution in [1.82, 2.24) is 14.9 Å². The minimum atomic E-state index is -3.62. The Morgan fingerprint density at radius 1 is 1.00 bits per heavy atom. The summed E-state index contributed by atoms with van der Waals surface area (Å²) in [6, 6.07) is 6.32. The van der Waals surface area contributed by atoms with Gasteiger partial charge in [0.2, 0.25) is 15.9 Å². The molecule has 188 valence electrons. The molecule has 2 atom stereocenters. The van der Waals surface area contributed by atoms with E-state index in [4.69, 9.17) is 0 Å². The summed E-state index contributed by atoms with van der Waals surface area (Å²) in [6.45, 7) is 4.95. The van der Waals surface area contributed by atoms with Crippen LogP contribution in [0.3, 0.4) is 0 Å². The molecule has 7 nitrogen and oxygen atoms in total. The maximum Gasteiger partial charge on any atom is 0.251 e. The van der Waals surface area contributed by atoms with E-state index in [-0.39, 0.29) is 34.6 Å². The first-order valence-electron chi connectivity index (χ1n) is 13.1. The lowest BCUT2D eigenvalue weighted by Crippen LogP contribution is -2.47. The quantitative estimate of drug-likeness (QED) is 0.540. The predicted octanol–water partition coefficient (Wildman–Crippen LogP) is 2.94. The van der Waals surface area contributed by atoms with Crippen molar-refractivity contribution >= 4 is 21.8 Å². The Morgan fingerprint density at radius 3 is 2.11 bits per heavy atom. The topological polar surface area (TPSA) is 95.6 Å². The Balaban J connectivity index is 1.02. The van der Waals surface area contributed by atoms with Gasteiger partial charge in [0, 0.05) is 31.2 Å². The van der Waals surface area contributed by atoms with Crippen LogP contribution in [0.5, 0.6) is 0 Å². The van der Waals surface area contributed by atoms with Crippen LogP contribution in [-0.2, 0) is 14.8 Å². The number of amides is 2. The number of sulfonamides is 1. The van der Waals surface area contributed by atoms with Crippen molar-refractivity contribution in [1.29, 1.82) is 0 Å². The van der Waals surface area contributed by atoms with Crippen molar-refractivity contribution in [3.63, 3.8) is 0 Å². The summed E-state index contributed by atoms with van der Waals surface area (Å²) in [6.07, 6.45) is 10.6. The monoisotopic (exact) mass is 497 g/mol. The van der Waals surface area contributed by atoms with E-state index in [2.05, 4.69) is 17.2 Å². The molecule has 7 rings (SSSR count). The number of rotatable bonds is 8. The van der Waals surface area contributed by atoms with Gasteiger partial charge in [0.25, 0.3) is 5.91 Å². The predicted molar refractivity (Wildman–Crippen MR) is 132 cm³/mol. The van der Waals surface area contributed by atoms with Crippen molar-refractivity contribution in [2.24, 2.45) is 35.0 Å². The third kappa shape index (κ3) is 4.22. The number of carbonyl (C=O) groups excluding carboxylic acids is 2. The summed E-state index contributed by atoms with van der Waals surface area (Å²) in [5.41, 5.74) is 0.926. The molecule has 1 aromatic carbocycles. The first-order valence-corrected chi connectivity index (χ1v) is 14.5. The second-order valence-electron chi connectivity index (χ2n) is 11.8. The summed E-state index contributed by atoms with van der Waals surface area (Å²) >= 11 is 0. The molecule has 1 heterocycles. The average Bonchev–Trinajstić information content (AvgIpc) is 3.23. The number of fused-ring (bicyclic) bond motifs is 1. The molecule has 1 aliphatic heterocycles. The second kappa shape index (κ2) is 8.44. The van der Waals surface area contributed by atoms with Crippen molar-refractivity contribution in [3.8, 4) is 0 Å².